The Hall–Kier alpha value is -1.44. The number of phosphoric acid groups is 1. The number of likely N-dealkylation sites (N-methyl/N-ethyl adjacent to an activating group) is 1. The van der Waals surface area contributed by atoms with Crippen LogP contribution < -0.4 is 0 Å². The summed E-state index contributed by atoms with van der Waals surface area (Å²) in [7, 11) is 1.56. The summed E-state index contributed by atoms with van der Waals surface area (Å²) >= 11 is 0. The molecule has 7 atom stereocenters. The van der Waals surface area contributed by atoms with Crippen LogP contribution in [0.25, 0.3) is 0 Å². The first-order valence-electron chi connectivity index (χ1n) is 23.3. The van der Waals surface area contributed by atoms with E-state index >= 15 is 0 Å². The van der Waals surface area contributed by atoms with Crippen LogP contribution in [-0.4, -0.2) is 99.1 Å². The van der Waals surface area contributed by atoms with Gasteiger partial charge in [-0.3, -0.25) is 19.1 Å². The number of rotatable bonds is 39. The quantitative estimate of drug-likeness (QED) is 0.0116. The van der Waals surface area contributed by atoms with Gasteiger partial charge in [-0.05, 0) is 38.5 Å². The first kappa shape index (κ1) is 53.7. The second-order valence-electron chi connectivity index (χ2n) is 17.6. The monoisotopic (exact) mass is 859 g/mol. The van der Waals surface area contributed by atoms with E-state index in [1.54, 1.807) is 0 Å². The Balaban J connectivity index is 1.69. The second-order valence-corrected chi connectivity index (χ2v) is 19.0. The Morgan fingerprint density at radius 2 is 1.41 bits per heavy atom. The molecule has 1 saturated carbocycles. The highest BCUT2D eigenvalue weighted by atomic mass is 31.2. The standard InChI is InChI=1S/C46H84NO11P/c1-6-8-10-11-12-13-14-15-16-17-18-19-20-21-24-28-35-52-38-41(39-54-59(50,51)53-36-34-47(3,4)5)55-46(48)31-27-23-22-26-30-42-43(45-37-44(42)57-58-45)33-32-40(56-49)29-25-9-7-2/h9,22,25-26,32-33,40-45H,6-8,10-21,23-24,27-31,34-39H2,1-5H3,(H-,49,50,51)/p+1/b25-9-,26-22-,33-32+. The highest BCUT2D eigenvalue weighted by Gasteiger charge is 2.49. The van der Waals surface area contributed by atoms with Crippen molar-refractivity contribution in [3.05, 3.63) is 36.5 Å². The zero-order valence-corrected chi connectivity index (χ0v) is 38.6. The first-order valence-corrected chi connectivity index (χ1v) is 24.8. The first-order chi connectivity index (χ1) is 28.5. The van der Waals surface area contributed by atoms with Gasteiger partial charge in [0.25, 0.3) is 0 Å². The number of fused-ring (bicyclic) bond motifs is 2. The van der Waals surface area contributed by atoms with Crippen molar-refractivity contribution in [3.63, 3.8) is 0 Å². The van der Waals surface area contributed by atoms with Gasteiger partial charge < -0.3 is 18.9 Å². The number of carbonyl (C=O) groups is 1. The summed E-state index contributed by atoms with van der Waals surface area (Å²) in [6, 6.07) is 0. The van der Waals surface area contributed by atoms with Gasteiger partial charge in [0.2, 0.25) is 0 Å². The number of carbonyl (C=O) groups excluding carboxylic acids is 1. The molecule has 0 aromatic heterocycles. The molecule has 1 heterocycles. The van der Waals surface area contributed by atoms with Gasteiger partial charge in [-0.2, -0.15) is 0 Å². The minimum atomic E-state index is -4.33. The fraction of sp³-hybridized carbons (Fsp3) is 0.848. The van der Waals surface area contributed by atoms with Crippen molar-refractivity contribution in [3.8, 4) is 0 Å². The van der Waals surface area contributed by atoms with Gasteiger partial charge in [0.05, 0.1) is 40.5 Å². The Bertz CT molecular complexity index is 1190. The molecule has 2 fully saturated rings. The molecular weight excluding hydrogens is 773 g/mol. The van der Waals surface area contributed by atoms with Gasteiger partial charge in [-0.15, -0.1) is 0 Å². The van der Waals surface area contributed by atoms with E-state index in [4.69, 9.17) is 28.3 Å². The molecule has 0 spiro atoms. The topological polar surface area (TPSA) is 139 Å². The van der Waals surface area contributed by atoms with Crippen molar-refractivity contribution in [1.29, 1.82) is 0 Å². The summed E-state index contributed by atoms with van der Waals surface area (Å²) in [5.41, 5.74) is 0. The van der Waals surface area contributed by atoms with Crippen molar-refractivity contribution >= 4 is 13.8 Å². The number of phosphoric ester groups is 1. The number of hydrogen-bond donors (Lipinski definition) is 2. The van der Waals surface area contributed by atoms with E-state index in [9.17, 15) is 19.5 Å². The van der Waals surface area contributed by atoms with E-state index in [2.05, 4.69) is 37.0 Å². The SMILES string of the molecule is CC/C=C\CC(/C=C/C1C2CC(OO2)C1C/C=C\CCCC(=O)OC(COCCCCCCCCCCCCCCCCCC)COP(=O)(O)OCC[N+](C)(C)C)OO. The molecule has 2 N–H and O–H groups in total. The summed E-state index contributed by atoms with van der Waals surface area (Å²) in [4.78, 5) is 38.8. The molecule has 0 aromatic rings. The molecule has 0 radical (unpaired) electrons. The van der Waals surface area contributed by atoms with Crippen molar-refractivity contribution in [2.45, 2.75) is 186 Å². The normalized spacial score (nSPS) is 21.6. The zero-order valence-electron chi connectivity index (χ0n) is 37.7. The van der Waals surface area contributed by atoms with Gasteiger partial charge in [-0.1, -0.05) is 147 Å². The van der Waals surface area contributed by atoms with Crippen molar-refractivity contribution < 1.29 is 57.2 Å². The Morgan fingerprint density at radius 1 is 0.780 bits per heavy atom. The van der Waals surface area contributed by atoms with E-state index in [1.165, 1.54) is 89.9 Å². The number of unbranched alkanes of at least 4 members (excludes halogenated alkanes) is 16. The third kappa shape index (κ3) is 27.3. The maximum absolute atomic E-state index is 12.9. The van der Waals surface area contributed by atoms with Crippen LogP contribution in [0.3, 0.4) is 0 Å². The van der Waals surface area contributed by atoms with E-state index in [0.29, 0.717) is 36.9 Å². The molecule has 12 nitrogen and oxygen atoms in total. The molecule has 1 aliphatic heterocycles. The Labute approximate surface area is 358 Å². The molecule has 2 bridgehead atoms. The number of ether oxygens (including phenoxy) is 2. The van der Waals surface area contributed by atoms with Gasteiger partial charge in [0, 0.05) is 31.3 Å². The van der Waals surface area contributed by atoms with Crippen LogP contribution in [0.15, 0.2) is 36.5 Å². The van der Waals surface area contributed by atoms with Gasteiger partial charge in [0.15, 0.2) is 0 Å². The zero-order chi connectivity index (χ0) is 43.0. The van der Waals surface area contributed by atoms with Gasteiger partial charge in [-0.25, -0.2) is 19.2 Å². The molecule has 13 heteroatoms. The van der Waals surface area contributed by atoms with Crippen LogP contribution in [0, 0.1) is 11.8 Å². The molecule has 344 valence electrons. The number of nitrogens with zero attached hydrogens (tertiary/aromatic N) is 1. The maximum atomic E-state index is 12.9. The van der Waals surface area contributed by atoms with Crippen LogP contribution in [0.5, 0.6) is 0 Å². The highest BCUT2D eigenvalue weighted by molar-refractivity contribution is 7.47. The minimum absolute atomic E-state index is 0.0150. The van der Waals surface area contributed by atoms with Crippen LogP contribution in [0.4, 0.5) is 0 Å². The fourth-order valence-corrected chi connectivity index (χ4v) is 8.27. The van der Waals surface area contributed by atoms with Crippen LogP contribution in [0.2, 0.25) is 0 Å². The molecule has 2 aliphatic rings. The lowest BCUT2D eigenvalue weighted by atomic mass is 9.89. The molecule has 0 aromatic carbocycles. The largest absolute Gasteiger partial charge is 0.472 e. The van der Waals surface area contributed by atoms with Gasteiger partial charge >= 0.3 is 13.8 Å². The molecule has 0 amide bonds. The summed E-state index contributed by atoms with van der Waals surface area (Å²) in [6.07, 6.45) is 36.4. The molecule has 7 unspecified atom stereocenters. The Morgan fingerprint density at radius 3 is 2.02 bits per heavy atom. The van der Waals surface area contributed by atoms with Gasteiger partial charge in [0.1, 0.15) is 31.5 Å². The van der Waals surface area contributed by atoms with E-state index in [-0.39, 0.29) is 50.3 Å². The molecule has 1 saturated heterocycles. The highest BCUT2D eigenvalue weighted by Crippen LogP contribution is 2.45. The van der Waals surface area contributed by atoms with Crippen LogP contribution in [-0.2, 0) is 42.5 Å². The summed E-state index contributed by atoms with van der Waals surface area (Å²) < 4.78 is 35.1. The average Bonchev–Trinajstić information content (AvgIpc) is 3.81. The van der Waals surface area contributed by atoms with Crippen molar-refractivity contribution in [2.75, 3.05) is 54.1 Å². The van der Waals surface area contributed by atoms with Crippen LogP contribution in [0.1, 0.15) is 162 Å². The van der Waals surface area contributed by atoms with E-state index in [0.717, 1.165) is 32.1 Å². The second kappa shape index (κ2) is 33.2. The van der Waals surface area contributed by atoms with E-state index < -0.39 is 26.0 Å². The molecule has 59 heavy (non-hydrogen) atoms. The van der Waals surface area contributed by atoms with Crippen molar-refractivity contribution in [2.24, 2.45) is 11.8 Å². The van der Waals surface area contributed by atoms with Crippen LogP contribution >= 0.6 is 7.82 Å². The third-order valence-electron chi connectivity index (χ3n) is 11.1. The smallest absolute Gasteiger partial charge is 0.457 e. The molecule has 2 rings (SSSR count). The number of hydrogen-bond acceptors (Lipinski definition) is 10. The Kier molecular flexibility index (Phi) is 30.2. The number of quaternary nitrogens is 1. The summed E-state index contributed by atoms with van der Waals surface area (Å²) in [5.74, 6) is -0.00496. The third-order valence-corrected chi connectivity index (χ3v) is 12.1. The predicted octanol–water partition coefficient (Wildman–Crippen LogP) is 11.2. The lowest BCUT2D eigenvalue weighted by Crippen LogP contribution is -2.37. The maximum Gasteiger partial charge on any atom is 0.472 e. The lowest BCUT2D eigenvalue weighted by molar-refractivity contribution is -0.870. The molecule has 1 aliphatic carbocycles. The van der Waals surface area contributed by atoms with E-state index in [1.807, 2.05) is 39.4 Å². The minimum Gasteiger partial charge on any atom is -0.457 e. The summed E-state index contributed by atoms with van der Waals surface area (Å²) in [6.45, 7) is 5.22. The predicted molar refractivity (Wildman–Crippen MR) is 235 cm³/mol. The summed E-state index contributed by atoms with van der Waals surface area (Å²) in [5, 5.41) is 9.33. The molecular formula is C46H85NO11P+. The number of esters is 1. The average molecular weight is 859 g/mol. The fourth-order valence-electron chi connectivity index (χ4n) is 7.53. The van der Waals surface area contributed by atoms with Crippen molar-refractivity contribution in [1.82, 2.24) is 0 Å². The number of allylic oxidation sites excluding steroid dienone is 3. The lowest BCUT2D eigenvalue weighted by Gasteiger charge is -2.27.